The Balaban J connectivity index is 1.15. The average molecular weight is 617 g/mol. The number of rotatable bonds is 6. The Bertz CT molecular complexity index is 2460. The van der Waals surface area contributed by atoms with Crippen molar-refractivity contribution in [3.63, 3.8) is 0 Å². The smallest absolute Gasteiger partial charge is 0.231 e. The van der Waals surface area contributed by atoms with Crippen LogP contribution in [-0.4, -0.2) is 26.5 Å². The number of benzene rings is 6. The second-order valence-electron chi connectivity index (χ2n) is 12.0. The van der Waals surface area contributed by atoms with Gasteiger partial charge >= 0.3 is 0 Å². The van der Waals surface area contributed by atoms with Gasteiger partial charge in [-0.15, -0.1) is 4.70 Å². The molecule has 3 heterocycles. The van der Waals surface area contributed by atoms with E-state index in [1.54, 1.807) is 0 Å². The van der Waals surface area contributed by atoms with E-state index in [0.717, 1.165) is 39.4 Å². The molecule has 0 N–H and O–H groups in total. The minimum absolute atomic E-state index is 0.582. The third-order valence-electron chi connectivity index (χ3n) is 9.07. The lowest BCUT2D eigenvalue weighted by Crippen LogP contribution is -2.11. The third-order valence-corrected chi connectivity index (χ3v) is 9.07. The molecule has 5 nitrogen and oxygen atoms in total. The summed E-state index contributed by atoms with van der Waals surface area (Å²) in [4.78, 5) is 4.52. The summed E-state index contributed by atoms with van der Waals surface area (Å²) in [6.07, 6.45) is 1.82. The molecule has 0 spiro atoms. The molecule has 6 aromatic carbocycles. The molecule has 0 saturated heterocycles. The van der Waals surface area contributed by atoms with Crippen LogP contribution in [-0.2, 0) is 0 Å². The first-order chi connectivity index (χ1) is 23.8. The Kier molecular flexibility index (Phi) is 6.79. The van der Waals surface area contributed by atoms with Gasteiger partial charge in [-0.1, -0.05) is 103 Å². The van der Waals surface area contributed by atoms with Gasteiger partial charge < -0.3 is 4.57 Å². The van der Waals surface area contributed by atoms with Crippen molar-refractivity contribution in [2.24, 2.45) is 10.3 Å². The number of para-hydroxylation sites is 1. The van der Waals surface area contributed by atoms with Gasteiger partial charge in [-0.25, -0.2) is 0 Å². The van der Waals surface area contributed by atoms with Crippen LogP contribution in [0.2, 0.25) is 0 Å². The molecule has 8 aromatic rings. The maximum atomic E-state index is 4.68. The maximum Gasteiger partial charge on any atom is 0.231 e. The van der Waals surface area contributed by atoms with Crippen molar-refractivity contribution in [3.8, 4) is 39.2 Å². The monoisotopic (exact) mass is 616 g/mol. The summed E-state index contributed by atoms with van der Waals surface area (Å²) in [6.45, 7) is 0.582. The minimum atomic E-state index is 0.582. The fourth-order valence-corrected chi connectivity index (χ4v) is 6.73. The molecule has 2 aromatic heterocycles. The molecule has 0 radical (unpaired) electrons. The summed E-state index contributed by atoms with van der Waals surface area (Å²) in [6, 6.07) is 57.8. The van der Waals surface area contributed by atoms with E-state index in [-0.39, 0.29) is 0 Å². The molecular formula is C43H30N5+. The lowest BCUT2D eigenvalue weighted by Gasteiger charge is -2.14. The Morgan fingerprint density at radius 1 is 0.479 bits per heavy atom. The predicted octanol–water partition coefficient (Wildman–Crippen LogP) is 10.7. The van der Waals surface area contributed by atoms with Gasteiger partial charge in [0.15, 0.2) is 12.2 Å². The molecule has 226 valence electrons. The molecule has 1 aliphatic heterocycles. The highest BCUT2D eigenvalue weighted by atomic mass is 15.5. The van der Waals surface area contributed by atoms with E-state index in [1.165, 1.54) is 38.5 Å². The van der Waals surface area contributed by atoms with Crippen LogP contribution in [0.25, 0.3) is 61.0 Å². The fraction of sp³-hybridized carbons (Fsp3) is 0.0233. The van der Waals surface area contributed by atoms with Crippen LogP contribution < -0.4 is 0 Å². The van der Waals surface area contributed by atoms with E-state index >= 15 is 0 Å². The van der Waals surface area contributed by atoms with E-state index in [0.29, 0.717) is 6.54 Å². The Morgan fingerprint density at radius 2 is 1.17 bits per heavy atom. The topological polar surface area (TPSA) is 45.5 Å². The molecule has 0 atom stereocenters. The molecular weight excluding hydrogens is 587 g/mol. The SMILES string of the molecule is c1ccc(-c2cc(-c3ccccc3)cc(-n3c4ccccc4c4ccc(C5=NN=[N+](c6cccc(-c7ccccn7)c6)C5)cc43)c2)cc1. The second kappa shape index (κ2) is 11.7. The Labute approximate surface area is 278 Å². The summed E-state index contributed by atoms with van der Waals surface area (Å²) in [7, 11) is 0. The van der Waals surface area contributed by atoms with Crippen molar-refractivity contribution < 1.29 is 4.70 Å². The molecule has 0 aliphatic carbocycles. The van der Waals surface area contributed by atoms with Gasteiger partial charge in [0.25, 0.3) is 0 Å². The number of nitrogens with zero attached hydrogens (tertiary/aromatic N) is 5. The van der Waals surface area contributed by atoms with Gasteiger partial charge in [-0.2, -0.15) is 0 Å². The third kappa shape index (κ3) is 4.99. The highest BCUT2D eigenvalue weighted by Crippen LogP contribution is 2.37. The summed E-state index contributed by atoms with van der Waals surface area (Å²) < 4.78 is 4.35. The Morgan fingerprint density at radius 3 is 1.92 bits per heavy atom. The van der Waals surface area contributed by atoms with Gasteiger partial charge in [0.2, 0.25) is 5.71 Å². The molecule has 0 unspecified atom stereocenters. The number of aromatic nitrogens is 2. The zero-order chi connectivity index (χ0) is 31.9. The first kappa shape index (κ1) is 27.8. The van der Waals surface area contributed by atoms with Gasteiger partial charge in [0, 0.05) is 33.8 Å². The minimum Gasteiger partial charge on any atom is -0.309 e. The van der Waals surface area contributed by atoms with Gasteiger partial charge in [0.05, 0.1) is 21.8 Å². The highest BCUT2D eigenvalue weighted by Gasteiger charge is 2.25. The fourth-order valence-electron chi connectivity index (χ4n) is 6.73. The first-order valence-corrected chi connectivity index (χ1v) is 16.1. The molecule has 5 heteroatoms. The summed E-state index contributed by atoms with van der Waals surface area (Å²) in [5, 5.41) is 11.7. The van der Waals surface area contributed by atoms with Gasteiger partial charge in [-0.05, 0) is 82.9 Å². The van der Waals surface area contributed by atoms with Crippen LogP contribution in [0.15, 0.2) is 180 Å². The standard InChI is InChI=1S/C43H30N5/c1-3-12-30(13-4-1)34-24-35(31-14-5-2-6-15-31)27-37(26-34)48-42-20-8-7-18-38(42)39-22-21-33(28-43(39)48)41-29-47(46-45-41)36-17-11-16-32(25-36)40-19-9-10-23-44-40/h1-28H,29H2/q+1. The van der Waals surface area contributed by atoms with Crippen LogP contribution in [0, 0.1) is 0 Å². The highest BCUT2D eigenvalue weighted by molar-refractivity contribution is 6.12. The van der Waals surface area contributed by atoms with Crippen molar-refractivity contribution in [1.29, 1.82) is 0 Å². The molecule has 9 rings (SSSR count). The van der Waals surface area contributed by atoms with Crippen LogP contribution in [0.4, 0.5) is 5.69 Å². The average Bonchev–Trinajstić information content (AvgIpc) is 3.79. The first-order valence-electron chi connectivity index (χ1n) is 16.1. The number of hydrogen-bond acceptors (Lipinski definition) is 3. The number of fused-ring (bicyclic) bond motifs is 3. The van der Waals surface area contributed by atoms with E-state index in [2.05, 4.69) is 159 Å². The second-order valence-corrected chi connectivity index (χ2v) is 12.0. The largest absolute Gasteiger partial charge is 0.309 e. The molecule has 0 fully saturated rings. The molecule has 0 bridgehead atoms. The van der Waals surface area contributed by atoms with Crippen molar-refractivity contribution in [1.82, 2.24) is 9.55 Å². The molecule has 48 heavy (non-hydrogen) atoms. The van der Waals surface area contributed by atoms with Gasteiger partial charge in [0.1, 0.15) is 5.22 Å². The quantitative estimate of drug-likeness (QED) is 0.171. The molecule has 0 saturated carbocycles. The van der Waals surface area contributed by atoms with E-state index < -0.39 is 0 Å². The zero-order valence-electron chi connectivity index (χ0n) is 26.1. The van der Waals surface area contributed by atoms with Crippen molar-refractivity contribution in [3.05, 3.63) is 176 Å². The summed E-state index contributed by atoms with van der Waals surface area (Å²) in [5.74, 6) is 0. The van der Waals surface area contributed by atoms with Gasteiger partial charge in [-0.3, -0.25) is 4.98 Å². The maximum absolute atomic E-state index is 4.68. The Hall–Kier alpha value is -6.46. The summed E-state index contributed by atoms with van der Waals surface area (Å²) in [5.41, 5.74) is 13.1. The van der Waals surface area contributed by atoms with E-state index in [4.69, 9.17) is 0 Å². The lowest BCUT2D eigenvalue weighted by atomic mass is 9.98. The normalized spacial score (nSPS) is 12.8. The van der Waals surface area contributed by atoms with E-state index in [1.807, 2.05) is 35.2 Å². The van der Waals surface area contributed by atoms with Crippen molar-refractivity contribution in [2.45, 2.75) is 0 Å². The summed E-state index contributed by atoms with van der Waals surface area (Å²) >= 11 is 0. The van der Waals surface area contributed by atoms with Crippen LogP contribution in [0.5, 0.6) is 0 Å². The predicted molar refractivity (Wildman–Crippen MR) is 195 cm³/mol. The van der Waals surface area contributed by atoms with E-state index in [9.17, 15) is 0 Å². The molecule has 1 aliphatic rings. The van der Waals surface area contributed by atoms with Crippen LogP contribution in [0.1, 0.15) is 5.56 Å². The van der Waals surface area contributed by atoms with Crippen molar-refractivity contribution in [2.75, 3.05) is 6.54 Å². The zero-order valence-corrected chi connectivity index (χ0v) is 26.1. The van der Waals surface area contributed by atoms with Crippen LogP contribution >= 0.6 is 0 Å². The number of pyridine rings is 1. The molecule has 0 amide bonds. The van der Waals surface area contributed by atoms with Crippen LogP contribution in [0.3, 0.4) is 0 Å². The number of hydrogen-bond donors (Lipinski definition) is 0. The lowest BCUT2D eigenvalue weighted by molar-refractivity contribution is -0.492. The van der Waals surface area contributed by atoms with Crippen molar-refractivity contribution >= 4 is 33.2 Å².